The third-order valence-corrected chi connectivity index (χ3v) is 2.81. The second-order valence-electron chi connectivity index (χ2n) is 5.17. The molecule has 80 valence electrons. The summed E-state index contributed by atoms with van der Waals surface area (Å²) < 4.78 is 5.65. The van der Waals surface area contributed by atoms with Gasteiger partial charge in [0.2, 0.25) is 0 Å². The Bertz CT molecular complexity index is 435. The van der Waals surface area contributed by atoms with Gasteiger partial charge in [-0.15, -0.1) is 0 Å². The van der Waals surface area contributed by atoms with Gasteiger partial charge in [0.25, 0.3) is 0 Å². The third-order valence-electron chi connectivity index (χ3n) is 2.81. The van der Waals surface area contributed by atoms with E-state index in [0.29, 0.717) is 6.42 Å². The number of ketones is 1. The first kappa shape index (κ1) is 10.2. The van der Waals surface area contributed by atoms with Gasteiger partial charge in [-0.2, -0.15) is 0 Å². The van der Waals surface area contributed by atoms with Crippen LogP contribution in [0.2, 0.25) is 0 Å². The van der Waals surface area contributed by atoms with E-state index < -0.39 is 0 Å². The summed E-state index contributed by atoms with van der Waals surface area (Å²) in [6.07, 6.45) is 1.44. The van der Waals surface area contributed by atoms with Crippen molar-refractivity contribution in [3.63, 3.8) is 0 Å². The van der Waals surface area contributed by atoms with Gasteiger partial charge in [-0.1, -0.05) is 20.4 Å². The van der Waals surface area contributed by atoms with Crippen LogP contribution in [0.5, 0.6) is 0 Å². The summed E-state index contributed by atoms with van der Waals surface area (Å²) in [5, 5.41) is 0. The molecule has 0 amide bonds. The van der Waals surface area contributed by atoms with Gasteiger partial charge < -0.3 is 4.42 Å². The van der Waals surface area contributed by atoms with Crippen LogP contribution in [0.3, 0.4) is 0 Å². The lowest BCUT2D eigenvalue weighted by atomic mass is 9.77. The van der Waals surface area contributed by atoms with Gasteiger partial charge in [-0.3, -0.25) is 4.79 Å². The van der Waals surface area contributed by atoms with Gasteiger partial charge in [0.05, 0.1) is 5.56 Å². The minimum Gasteiger partial charge on any atom is -0.461 e. The topological polar surface area (TPSA) is 30.2 Å². The molecule has 1 aliphatic carbocycles. The summed E-state index contributed by atoms with van der Waals surface area (Å²) in [4.78, 5) is 11.8. The van der Waals surface area contributed by atoms with Gasteiger partial charge in [0.15, 0.2) is 5.78 Å². The Morgan fingerprint density at radius 3 is 2.73 bits per heavy atom. The van der Waals surface area contributed by atoms with E-state index in [9.17, 15) is 4.79 Å². The third kappa shape index (κ3) is 1.76. The van der Waals surface area contributed by atoms with E-state index >= 15 is 0 Å². The average molecular weight is 204 g/mol. The average Bonchev–Trinajstić information content (AvgIpc) is 2.45. The van der Waals surface area contributed by atoms with Crippen molar-refractivity contribution in [3.8, 4) is 0 Å². The Morgan fingerprint density at radius 2 is 2.13 bits per heavy atom. The van der Waals surface area contributed by atoms with Crippen molar-refractivity contribution in [1.29, 1.82) is 0 Å². The van der Waals surface area contributed by atoms with Crippen molar-refractivity contribution in [3.05, 3.63) is 29.7 Å². The second kappa shape index (κ2) is 3.09. The number of allylic oxidation sites excluding steroid dienone is 1. The summed E-state index contributed by atoms with van der Waals surface area (Å²) in [6.45, 7) is 9.90. The van der Waals surface area contributed by atoms with Gasteiger partial charge >= 0.3 is 0 Å². The number of furan rings is 1. The largest absolute Gasteiger partial charge is 0.461 e. The van der Waals surface area contributed by atoms with E-state index in [4.69, 9.17) is 4.42 Å². The molecule has 15 heavy (non-hydrogen) atoms. The molecule has 0 atom stereocenters. The highest BCUT2D eigenvalue weighted by Gasteiger charge is 2.33. The predicted octanol–water partition coefficient (Wildman–Crippen LogP) is 3.47. The zero-order valence-corrected chi connectivity index (χ0v) is 9.52. The molecule has 1 aliphatic rings. The number of carbonyl (C=O) groups is 1. The number of hydrogen-bond donors (Lipinski definition) is 0. The van der Waals surface area contributed by atoms with Crippen LogP contribution in [0.25, 0.3) is 5.57 Å². The number of fused-ring (bicyclic) bond motifs is 1. The smallest absolute Gasteiger partial charge is 0.166 e. The first-order chi connectivity index (χ1) is 6.89. The molecule has 1 aromatic rings. The highest BCUT2D eigenvalue weighted by atomic mass is 16.3. The minimum absolute atomic E-state index is 0.0221. The Kier molecular flexibility index (Phi) is 2.10. The molecule has 0 saturated heterocycles. The van der Waals surface area contributed by atoms with Gasteiger partial charge in [0, 0.05) is 12.8 Å². The molecule has 0 radical (unpaired) electrons. The molecular formula is C13H16O2. The van der Waals surface area contributed by atoms with Crippen molar-refractivity contribution in [2.45, 2.75) is 33.6 Å². The zero-order chi connectivity index (χ0) is 11.2. The van der Waals surface area contributed by atoms with E-state index in [1.165, 1.54) is 0 Å². The van der Waals surface area contributed by atoms with Crippen LogP contribution in [0.15, 0.2) is 17.1 Å². The summed E-state index contributed by atoms with van der Waals surface area (Å²) in [5.41, 5.74) is 1.65. The highest BCUT2D eigenvalue weighted by molar-refractivity contribution is 5.99. The lowest BCUT2D eigenvalue weighted by Gasteiger charge is -2.26. The first-order valence-electron chi connectivity index (χ1n) is 5.21. The normalized spacial score (nSPS) is 18.7. The minimum atomic E-state index is 0.0221. The van der Waals surface area contributed by atoms with Crippen LogP contribution >= 0.6 is 0 Å². The Balaban J connectivity index is 2.47. The predicted molar refractivity (Wildman–Crippen MR) is 59.8 cm³/mol. The molecule has 1 heterocycles. The van der Waals surface area contributed by atoms with Crippen molar-refractivity contribution >= 4 is 11.4 Å². The first-order valence-corrected chi connectivity index (χ1v) is 5.21. The van der Waals surface area contributed by atoms with Crippen LogP contribution < -0.4 is 0 Å². The molecule has 1 aromatic heterocycles. The van der Waals surface area contributed by atoms with E-state index in [-0.39, 0.29) is 11.2 Å². The highest BCUT2D eigenvalue weighted by Crippen LogP contribution is 2.37. The Morgan fingerprint density at radius 1 is 1.47 bits per heavy atom. The fourth-order valence-corrected chi connectivity index (χ4v) is 2.03. The lowest BCUT2D eigenvalue weighted by molar-refractivity contribution is 0.0904. The molecular weight excluding hydrogens is 188 g/mol. The molecule has 0 unspecified atom stereocenters. The van der Waals surface area contributed by atoms with Crippen molar-refractivity contribution in [2.24, 2.45) is 5.41 Å². The fourth-order valence-electron chi connectivity index (χ4n) is 2.03. The summed E-state index contributed by atoms with van der Waals surface area (Å²) in [6, 6.07) is 1.83. The maximum atomic E-state index is 11.8. The maximum Gasteiger partial charge on any atom is 0.166 e. The van der Waals surface area contributed by atoms with Crippen LogP contribution in [-0.2, 0) is 6.42 Å². The lowest BCUT2D eigenvalue weighted by Crippen LogP contribution is -2.25. The van der Waals surface area contributed by atoms with E-state index in [0.717, 1.165) is 29.1 Å². The van der Waals surface area contributed by atoms with Crippen LogP contribution in [0, 0.1) is 5.41 Å². The van der Waals surface area contributed by atoms with Crippen LogP contribution in [0.4, 0.5) is 0 Å². The molecule has 0 aliphatic heterocycles. The van der Waals surface area contributed by atoms with E-state index in [2.05, 4.69) is 20.4 Å². The Hall–Kier alpha value is -1.31. The summed E-state index contributed by atoms with van der Waals surface area (Å²) >= 11 is 0. The zero-order valence-electron chi connectivity index (χ0n) is 9.52. The quantitative estimate of drug-likeness (QED) is 0.701. The van der Waals surface area contributed by atoms with Gasteiger partial charge in [0.1, 0.15) is 11.5 Å². The standard InChI is InChI=1S/C13H16O2/c1-8(2)11-5-9-10(14)6-13(3,4)7-12(9)15-11/h5H,1,6-7H2,2-4H3. The van der Waals surface area contributed by atoms with Crippen molar-refractivity contribution in [2.75, 3.05) is 0 Å². The van der Waals surface area contributed by atoms with Crippen LogP contribution in [-0.4, -0.2) is 5.78 Å². The van der Waals surface area contributed by atoms with E-state index in [1.807, 2.05) is 13.0 Å². The van der Waals surface area contributed by atoms with E-state index in [1.54, 1.807) is 0 Å². The molecule has 0 N–H and O–H groups in total. The number of carbonyl (C=O) groups excluding carboxylic acids is 1. The monoisotopic (exact) mass is 204 g/mol. The van der Waals surface area contributed by atoms with Crippen LogP contribution in [0.1, 0.15) is 49.1 Å². The number of Topliss-reactive ketones (excluding diaryl/α,β-unsaturated/α-hetero) is 1. The van der Waals surface area contributed by atoms with Gasteiger partial charge in [-0.25, -0.2) is 0 Å². The molecule has 0 bridgehead atoms. The Labute approximate surface area is 90.0 Å². The molecule has 2 heteroatoms. The maximum absolute atomic E-state index is 11.8. The molecule has 2 rings (SSSR count). The molecule has 0 saturated carbocycles. The summed E-state index contributed by atoms with van der Waals surface area (Å²) in [7, 11) is 0. The number of rotatable bonds is 1. The molecule has 0 aromatic carbocycles. The van der Waals surface area contributed by atoms with Crippen molar-refractivity contribution < 1.29 is 9.21 Å². The van der Waals surface area contributed by atoms with Gasteiger partial charge in [-0.05, 0) is 24.0 Å². The fraction of sp³-hybridized carbons (Fsp3) is 0.462. The molecule has 2 nitrogen and oxygen atoms in total. The molecule has 0 fully saturated rings. The number of hydrogen-bond acceptors (Lipinski definition) is 2. The summed E-state index contributed by atoms with van der Waals surface area (Å²) in [5.74, 6) is 1.76. The van der Waals surface area contributed by atoms with Crippen molar-refractivity contribution in [1.82, 2.24) is 0 Å². The second-order valence-corrected chi connectivity index (χ2v) is 5.17. The molecule has 0 spiro atoms. The SMILES string of the molecule is C=C(C)c1cc2c(o1)CC(C)(C)CC2=O.